The molecule has 1 aromatic rings. The number of carbonyl (C=O) groups is 1. The van der Waals surface area contributed by atoms with Gasteiger partial charge in [0.25, 0.3) is 0 Å². The predicted octanol–water partition coefficient (Wildman–Crippen LogP) is 0.965. The van der Waals surface area contributed by atoms with E-state index in [1.54, 1.807) is 6.08 Å². The third kappa shape index (κ3) is 4.83. The summed E-state index contributed by atoms with van der Waals surface area (Å²) in [6.45, 7) is 7.84. The maximum absolute atomic E-state index is 11.7. The van der Waals surface area contributed by atoms with E-state index in [1.165, 1.54) is 6.08 Å². The molecule has 1 aliphatic rings. The van der Waals surface area contributed by atoms with Crippen LogP contribution in [0.1, 0.15) is 11.5 Å². The first kappa shape index (κ1) is 14.8. The van der Waals surface area contributed by atoms with Gasteiger partial charge in [-0.3, -0.25) is 9.69 Å². The van der Waals surface area contributed by atoms with E-state index >= 15 is 0 Å². The van der Waals surface area contributed by atoms with Crippen LogP contribution in [0.25, 0.3) is 6.08 Å². The van der Waals surface area contributed by atoms with Gasteiger partial charge in [-0.25, -0.2) is 0 Å². The number of likely N-dealkylation sites (N-methyl/N-ethyl adjacent to an activating group) is 1. The molecule has 5 heteroatoms. The number of nitrogens with zero attached hydrogens (tertiary/aromatic N) is 2. The Bertz CT molecular complexity index is 459. The van der Waals surface area contributed by atoms with Gasteiger partial charge in [-0.15, -0.1) is 0 Å². The van der Waals surface area contributed by atoms with Crippen LogP contribution >= 0.6 is 0 Å². The first-order valence-corrected chi connectivity index (χ1v) is 7.07. The summed E-state index contributed by atoms with van der Waals surface area (Å²) in [7, 11) is 2.14. The smallest absolute Gasteiger partial charge is 0.244 e. The van der Waals surface area contributed by atoms with Gasteiger partial charge < -0.3 is 14.6 Å². The summed E-state index contributed by atoms with van der Waals surface area (Å²) in [5, 5.41) is 2.90. The van der Waals surface area contributed by atoms with Gasteiger partial charge >= 0.3 is 0 Å². The Morgan fingerprint density at radius 2 is 2.10 bits per heavy atom. The van der Waals surface area contributed by atoms with Crippen LogP contribution in [0.5, 0.6) is 0 Å². The normalized spacial score (nSPS) is 17.7. The van der Waals surface area contributed by atoms with E-state index < -0.39 is 0 Å². The van der Waals surface area contributed by atoms with Crippen molar-refractivity contribution in [2.75, 3.05) is 46.3 Å². The molecule has 0 aliphatic carbocycles. The minimum atomic E-state index is -0.0758. The van der Waals surface area contributed by atoms with E-state index in [1.807, 2.05) is 19.1 Å². The van der Waals surface area contributed by atoms with Crippen LogP contribution < -0.4 is 5.32 Å². The lowest BCUT2D eigenvalue weighted by molar-refractivity contribution is -0.116. The second-order valence-electron chi connectivity index (χ2n) is 5.22. The highest BCUT2D eigenvalue weighted by Gasteiger charge is 2.12. The van der Waals surface area contributed by atoms with Crippen LogP contribution in [0.2, 0.25) is 0 Å². The third-order valence-corrected chi connectivity index (χ3v) is 3.48. The Kier molecular flexibility index (Phi) is 5.38. The molecule has 5 nitrogen and oxygen atoms in total. The van der Waals surface area contributed by atoms with Gasteiger partial charge in [0, 0.05) is 45.3 Å². The van der Waals surface area contributed by atoms with Crippen molar-refractivity contribution >= 4 is 12.0 Å². The lowest BCUT2D eigenvalue weighted by atomic mass is 10.3. The molecule has 1 fully saturated rings. The average Bonchev–Trinajstić information content (AvgIpc) is 2.85. The molecule has 20 heavy (non-hydrogen) atoms. The number of nitrogens with one attached hydrogen (secondary N) is 1. The van der Waals surface area contributed by atoms with Gasteiger partial charge in [0.05, 0.1) is 0 Å². The van der Waals surface area contributed by atoms with Crippen molar-refractivity contribution in [3.05, 3.63) is 29.7 Å². The van der Waals surface area contributed by atoms with E-state index in [-0.39, 0.29) is 5.91 Å². The number of hydrogen-bond donors (Lipinski definition) is 1. The summed E-state index contributed by atoms with van der Waals surface area (Å²) < 4.78 is 5.36. The Morgan fingerprint density at radius 1 is 1.35 bits per heavy atom. The summed E-state index contributed by atoms with van der Waals surface area (Å²) in [6, 6.07) is 3.73. The molecule has 0 saturated carbocycles. The van der Waals surface area contributed by atoms with Gasteiger partial charge in [0.2, 0.25) is 5.91 Å². The van der Waals surface area contributed by atoms with Crippen molar-refractivity contribution in [3.8, 4) is 0 Å². The van der Waals surface area contributed by atoms with E-state index in [9.17, 15) is 4.79 Å². The van der Waals surface area contributed by atoms with Gasteiger partial charge in [-0.2, -0.15) is 0 Å². The molecule has 110 valence electrons. The van der Waals surface area contributed by atoms with Crippen molar-refractivity contribution in [1.29, 1.82) is 0 Å². The quantitative estimate of drug-likeness (QED) is 0.815. The van der Waals surface area contributed by atoms with Crippen molar-refractivity contribution in [2.45, 2.75) is 6.92 Å². The van der Waals surface area contributed by atoms with E-state index in [0.29, 0.717) is 12.3 Å². The second-order valence-corrected chi connectivity index (χ2v) is 5.22. The Balaban J connectivity index is 1.64. The summed E-state index contributed by atoms with van der Waals surface area (Å²) in [6.07, 6.45) is 3.21. The fourth-order valence-electron chi connectivity index (χ4n) is 2.17. The molecule has 0 aromatic carbocycles. The molecular formula is C15H23N3O2. The molecule has 2 heterocycles. The maximum Gasteiger partial charge on any atom is 0.244 e. The first-order valence-electron chi connectivity index (χ1n) is 7.07. The minimum Gasteiger partial charge on any atom is -0.462 e. The molecule has 0 bridgehead atoms. The summed E-state index contributed by atoms with van der Waals surface area (Å²) in [4.78, 5) is 16.3. The SMILES string of the molecule is Cc1ccc(C=CC(=O)NCCN2CCN(C)CC2)o1. The second kappa shape index (κ2) is 7.26. The number of carbonyl (C=O) groups excluding carboxylic acids is 1. The molecule has 1 N–H and O–H groups in total. The van der Waals surface area contributed by atoms with Crippen molar-refractivity contribution < 1.29 is 9.21 Å². The van der Waals surface area contributed by atoms with Crippen LogP contribution in [0.3, 0.4) is 0 Å². The molecule has 1 aliphatic heterocycles. The maximum atomic E-state index is 11.7. The minimum absolute atomic E-state index is 0.0758. The highest BCUT2D eigenvalue weighted by Crippen LogP contribution is 2.07. The molecule has 1 saturated heterocycles. The summed E-state index contributed by atoms with van der Waals surface area (Å²) in [5.74, 6) is 1.48. The van der Waals surface area contributed by atoms with Gasteiger partial charge in [0.1, 0.15) is 11.5 Å². The van der Waals surface area contributed by atoms with Crippen molar-refractivity contribution in [1.82, 2.24) is 15.1 Å². The molecule has 0 radical (unpaired) electrons. The zero-order chi connectivity index (χ0) is 14.4. The molecule has 2 rings (SSSR count). The highest BCUT2D eigenvalue weighted by atomic mass is 16.3. The topological polar surface area (TPSA) is 48.7 Å². The Labute approximate surface area is 120 Å². The van der Waals surface area contributed by atoms with Crippen molar-refractivity contribution in [3.63, 3.8) is 0 Å². The number of furan rings is 1. The molecular weight excluding hydrogens is 254 g/mol. The standard InChI is InChI=1S/C15H23N3O2/c1-13-3-4-14(20-13)5-6-15(19)16-7-8-18-11-9-17(2)10-12-18/h3-6H,7-12H2,1-2H3,(H,16,19). The third-order valence-electron chi connectivity index (χ3n) is 3.48. The van der Waals surface area contributed by atoms with Gasteiger partial charge in [-0.05, 0) is 32.2 Å². The van der Waals surface area contributed by atoms with Gasteiger partial charge in [0.15, 0.2) is 0 Å². The highest BCUT2D eigenvalue weighted by molar-refractivity contribution is 5.91. The summed E-state index contributed by atoms with van der Waals surface area (Å²) >= 11 is 0. The van der Waals surface area contributed by atoms with Crippen LogP contribution in [0.4, 0.5) is 0 Å². The van der Waals surface area contributed by atoms with Crippen LogP contribution in [-0.2, 0) is 4.79 Å². The molecule has 0 atom stereocenters. The molecule has 0 spiro atoms. The number of hydrogen-bond acceptors (Lipinski definition) is 4. The molecule has 1 aromatic heterocycles. The van der Waals surface area contributed by atoms with Crippen LogP contribution in [-0.4, -0.2) is 62.0 Å². The fourth-order valence-corrected chi connectivity index (χ4v) is 2.17. The van der Waals surface area contributed by atoms with Crippen LogP contribution in [0.15, 0.2) is 22.6 Å². The Morgan fingerprint density at radius 3 is 2.75 bits per heavy atom. The van der Waals surface area contributed by atoms with E-state index in [4.69, 9.17) is 4.42 Å². The lowest BCUT2D eigenvalue weighted by Crippen LogP contribution is -2.46. The Hall–Kier alpha value is -1.59. The number of piperazine rings is 1. The molecule has 1 amide bonds. The zero-order valence-corrected chi connectivity index (χ0v) is 12.3. The number of amides is 1. The van der Waals surface area contributed by atoms with Crippen molar-refractivity contribution in [2.24, 2.45) is 0 Å². The average molecular weight is 277 g/mol. The number of aryl methyl sites for hydroxylation is 1. The summed E-state index contributed by atoms with van der Waals surface area (Å²) in [5.41, 5.74) is 0. The zero-order valence-electron chi connectivity index (χ0n) is 12.3. The number of rotatable bonds is 5. The van der Waals surface area contributed by atoms with E-state index in [0.717, 1.165) is 38.5 Å². The van der Waals surface area contributed by atoms with E-state index in [2.05, 4.69) is 22.2 Å². The largest absolute Gasteiger partial charge is 0.462 e. The predicted molar refractivity (Wildman–Crippen MR) is 79.4 cm³/mol. The van der Waals surface area contributed by atoms with Gasteiger partial charge in [-0.1, -0.05) is 0 Å². The van der Waals surface area contributed by atoms with Crippen LogP contribution in [0, 0.1) is 6.92 Å². The molecule has 0 unspecified atom stereocenters. The lowest BCUT2D eigenvalue weighted by Gasteiger charge is -2.32. The monoisotopic (exact) mass is 277 g/mol. The fraction of sp³-hybridized carbons (Fsp3) is 0.533. The first-order chi connectivity index (χ1) is 9.63.